The van der Waals surface area contributed by atoms with Crippen molar-refractivity contribution in [2.75, 3.05) is 5.32 Å². The van der Waals surface area contributed by atoms with E-state index in [-0.39, 0.29) is 0 Å². The lowest BCUT2D eigenvalue weighted by atomic mass is 10.1. The Kier molecular flexibility index (Phi) is 3.78. The van der Waals surface area contributed by atoms with Crippen LogP contribution in [-0.4, -0.2) is 4.98 Å². The highest BCUT2D eigenvalue weighted by atomic mass is 15.0. The van der Waals surface area contributed by atoms with E-state index in [1.165, 1.54) is 11.1 Å². The van der Waals surface area contributed by atoms with Crippen LogP contribution in [0.15, 0.2) is 49.2 Å². The molecule has 1 aromatic heterocycles. The SMILES string of the molecule is C=C(C)c1ccnc(NCc2ccc(C)cc2)c1. The molecule has 0 saturated heterocycles. The Labute approximate surface area is 108 Å². The van der Waals surface area contributed by atoms with Crippen molar-refractivity contribution in [2.24, 2.45) is 0 Å². The van der Waals surface area contributed by atoms with Gasteiger partial charge in [-0.05, 0) is 37.1 Å². The smallest absolute Gasteiger partial charge is 0.126 e. The number of rotatable bonds is 4. The number of aromatic nitrogens is 1. The zero-order valence-corrected chi connectivity index (χ0v) is 10.9. The third-order valence-corrected chi connectivity index (χ3v) is 2.85. The lowest BCUT2D eigenvalue weighted by Crippen LogP contribution is -2.01. The molecule has 0 atom stereocenters. The van der Waals surface area contributed by atoms with Crippen LogP contribution in [0.4, 0.5) is 5.82 Å². The second-order valence-electron chi connectivity index (χ2n) is 4.55. The van der Waals surface area contributed by atoms with Crippen LogP contribution in [-0.2, 0) is 6.54 Å². The van der Waals surface area contributed by atoms with Gasteiger partial charge in [0, 0.05) is 12.7 Å². The van der Waals surface area contributed by atoms with Crippen LogP contribution in [0.1, 0.15) is 23.6 Å². The van der Waals surface area contributed by atoms with Crippen molar-refractivity contribution >= 4 is 11.4 Å². The molecule has 92 valence electrons. The van der Waals surface area contributed by atoms with Gasteiger partial charge in [-0.1, -0.05) is 42.0 Å². The zero-order chi connectivity index (χ0) is 13.0. The highest BCUT2D eigenvalue weighted by Gasteiger charge is 1.98. The maximum Gasteiger partial charge on any atom is 0.126 e. The van der Waals surface area contributed by atoms with Gasteiger partial charge in [0.1, 0.15) is 5.82 Å². The van der Waals surface area contributed by atoms with Gasteiger partial charge in [-0.2, -0.15) is 0 Å². The summed E-state index contributed by atoms with van der Waals surface area (Å²) in [6.07, 6.45) is 1.81. The molecule has 0 bridgehead atoms. The number of hydrogen-bond acceptors (Lipinski definition) is 2. The average Bonchev–Trinajstić information content (AvgIpc) is 2.38. The highest BCUT2D eigenvalue weighted by molar-refractivity contribution is 5.63. The minimum Gasteiger partial charge on any atom is -0.366 e. The summed E-state index contributed by atoms with van der Waals surface area (Å²) in [7, 11) is 0. The summed E-state index contributed by atoms with van der Waals surface area (Å²) < 4.78 is 0. The lowest BCUT2D eigenvalue weighted by Gasteiger charge is -2.07. The van der Waals surface area contributed by atoms with Gasteiger partial charge in [0.05, 0.1) is 0 Å². The first kappa shape index (κ1) is 12.4. The van der Waals surface area contributed by atoms with Crippen molar-refractivity contribution in [3.8, 4) is 0 Å². The molecule has 2 aromatic rings. The topological polar surface area (TPSA) is 24.9 Å². The van der Waals surface area contributed by atoms with Gasteiger partial charge < -0.3 is 5.32 Å². The van der Waals surface area contributed by atoms with Crippen molar-refractivity contribution in [1.29, 1.82) is 0 Å². The Bertz CT molecular complexity index is 541. The molecule has 18 heavy (non-hydrogen) atoms. The summed E-state index contributed by atoms with van der Waals surface area (Å²) in [5.74, 6) is 0.885. The van der Waals surface area contributed by atoms with Crippen LogP contribution in [0.25, 0.3) is 5.57 Å². The Morgan fingerprint density at radius 2 is 1.94 bits per heavy atom. The van der Waals surface area contributed by atoms with E-state index in [1.807, 2.05) is 25.3 Å². The van der Waals surface area contributed by atoms with E-state index in [2.05, 4.69) is 48.1 Å². The first-order valence-electron chi connectivity index (χ1n) is 6.06. The van der Waals surface area contributed by atoms with Crippen molar-refractivity contribution in [3.05, 3.63) is 65.9 Å². The molecule has 1 heterocycles. The molecule has 1 N–H and O–H groups in total. The molecular weight excluding hydrogens is 220 g/mol. The van der Waals surface area contributed by atoms with Crippen molar-refractivity contribution in [1.82, 2.24) is 4.98 Å². The Morgan fingerprint density at radius 1 is 1.22 bits per heavy atom. The number of nitrogens with zero attached hydrogens (tertiary/aromatic N) is 1. The molecule has 0 aliphatic rings. The normalized spacial score (nSPS) is 10.1. The number of nitrogens with one attached hydrogen (secondary N) is 1. The van der Waals surface area contributed by atoms with Gasteiger partial charge >= 0.3 is 0 Å². The zero-order valence-electron chi connectivity index (χ0n) is 10.9. The van der Waals surface area contributed by atoms with Gasteiger partial charge in [-0.25, -0.2) is 4.98 Å². The molecule has 0 aliphatic carbocycles. The number of pyridine rings is 1. The maximum absolute atomic E-state index is 4.30. The van der Waals surface area contributed by atoms with Gasteiger partial charge in [-0.3, -0.25) is 0 Å². The maximum atomic E-state index is 4.30. The molecule has 0 spiro atoms. The largest absolute Gasteiger partial charge is 0.366 e. The molecule has 0 fully saturated rings. The van der Waals surface area contributed by atoms with E-state index in [1.54, 1.807) is 0 Å². The van der Waals surface area contributed by atoms with Crippen LogP contribution in [0.3, 0.4) is 0 Å². The molecule has 0 amide bonds. The van der Waals surface area contributed by atoms with E-state index in [0.717, 1.165) is 23.5 Å². The third-order valence-electron chi connectivity index (χ3n) is 2.85. The van der Waals surface area contributed by atoms with E-state index >= 15 is 0 Å². The third kappa shape index (κ3) is 3.20. The lowest BCUT2D eigenvalue weighted by molar-refractivity contribution is 1.11. The first-order chi connectivity index (χ1) is 8.65. The summed E-state index contributed by atoms with van der Waals surface area (Å²) in [4.78, 5) is 4.30. The minimum atomic E-state index is 0.785. The number of anilines is 1. The van der Waals surface area contributed by atoms with Crippen LogP contribution in [0.2, 0.25) is 0 Å². The van der Waals surface area contributed by atoms with E-state index in [9.17, 15) is 0 Å². The highest BCUT2D eigenvalue weighted by Crippen LogP contribution is 2.15. The van der Waals surface area contributed by atoms with Crippen LogP contribution < -0.4 is 5.32 Å². The van der Waals surface area contributed by atoms with Crippen LogP contribution in [0.5, 0.6) is 0 Å². The predicted molar refractivity (Wildman–Crippen MR) is 77.5 cm³/mol. The van der Waals surface area contributed by atoms with Crippen molar-refractivity contribution in [2.45, 2.75) is 20.4 Å². The van der Waals surface area contributed by atoms with Gasteiger partial charge in [-0.15, -0.1) is 0 Å². The summed E-state index contributed by atoms with van der Waals surface area (Å²) in [6.45, 7) is 8.82. The monoisotopic (exact) mass is 238 g/mol. The van der Waals surface area contributed by atoms with Gasteiger partial charge in [0.2, 0.25) is 0 Å². The fraction of sp³-hybridized carbons (Fsp3) is 0.188. The number of allylic oxidation sites excluding steroid dienone is 1. The Hall–Kier alpha value is -2.09. The molecule has 0 saturated carbocycles. The summed E-state index contributed by atoms with van der Waals surface area (Å²) in [5.41, 5.74) is 4.71. The van der Waals surface area contributed by atoms with Crippen LogP contribution >= 0.6 is 0 Å². The molecule has 0 aliphatic heterocycles. The van der Waals surface area contributed by atoms with Crippen LogP contribution in [0, 0.1) is 6.92 Å². The fourth-order valence-corrected chi connectivity index (χ4v) is 1.69. The first-order valence-corrected chi connectivity index (χ1v) is 6.06. The molecule has 2 heteroatoms. The molecular formula is C16H18N2. The van der Waals surface area contributed by atoms with E-state index in [4.69, 9.17) is 0 Å². The fourth-order valence-electron chi connectivity index (χ4n) is 1.69. The van der Waals surface area contributed by atoms with Crippen molar-refractivity contribution in [3.63, 3.8) is 0 Å². The summed E-state index contributed by atoms with van der Waals surface area (Å²) in [6, 6.07) is 12.5. The Balaban J connectivity index is 2.04. The number of aryl methyl sites for hydroxylation is 1. The van der Waals surface area contributed by atoms with Gasteiger partial charge in [0.25, 0.3) is 0 Å². The van der Waals surface area contributed by atoms with Crippen molar-refractivity contribution < 1.29 is 0 Å². The molecule has 0 radical (unpaired) electrons. The predicted octanol–water partition coefficient (Wildman–Crippen LogP) is 4.04. The second kappa shape index (κ2) is 5.50. The van der Waals surface area contributed by atoms with E-state index in [0.29, 0.717) is 0 Å². The average molecular weight is 238 g/mol. The molecule has 1 aromatic carbocycles. The summed E-state index contributed by atoms with van der Waals surface area (Å²) in [5, 5.41) is 3.32. The number of hydrogen-bond donors (Lipinski definition) is 1. The summed E-state index contributed by atoms with van der Waals surface area (Å²) >= 11 is 0. The molecule has 2 nitrogen and oxygen atoms in total. The number of benzene rings is 1. The standard InChI is InChI=1S/C16H18N2/c1-12(2)15-8-9-17-16(10-15)18-11-14-6-4-13(3)5-7-14/h4-10H,1,11H2,2-3H3,(H,17,18). The molecule has 2 rings (SSSR count). The van der Waals surface area contributed by atoms with Gasteiger partial charge in [0.15, 0.2) is 0 Å². The quantitative estimate of drug-likeness (QED) is 0.869. The Morgan fingerprint density at radius 3 is 2.61 bits per heavy atom. The second-order valence-corrected chi connectivity index (χ2v) is 4.55. The minimum absolute atomic E-state index is 0.785. The molecule has 0 unspecified atom stereocenters. The van der Waals surface area contributed by atoms with E-state index < -0.39 is 0 Å².